The molecule has 14 heavy (non-hydrogen) atoms. The summed E-state index contributed by atoms with van der Waals surface area (Å²) in [5.41, 5.74) is 2.37. The topological polar surface area (TPSA) is 15.3 Å². The Morgan fingerprint density at radius 3 is 2.93 bits per heavy atom. The largest absolute Gasteiger partial charge is 0.381 e. The Labute approximate surface area is 82.7 Å². The summed E-state index contributed by atoms with van der Waals surface area (Å²) in [5, 5.41) is 3.30. The molecule has 1 N–H and O–H groups in total. The predicted molar refractivity (Wildman–Crippen MR) is 55.3 cm³/mol. The standard InChI is InChI=1S/C11H13FN2/c1-14-10-3-2-8(12)6-9(10)13-7-11(14)4-5-11/h2-3,6,13H,4-5,7H2,1H3. The minimum absolute atomic E-state index is 0.170. The fourth-order valence-electron chi connectivity index (χ4n) is 2.23. The molecule has 1 aliphatic heterocycles. The number of hydrogen-bond acceptors (Lipinski definition) is 2. The molecule has 0 atom stereocenters. The number of nitrogens with one attached hydrogen (secondary N) is 1. The Kier molecular flexibility index (Phi) is 1.39. The molecule has 74 valence electrons. The number of nitrogens with zero attached hydrogens (tertiary/aromatic N) is 1. The lowest BCUT2D eigenvalue weighted by Crippen LogP contribution is -2.43. The van der Waals surface area contributed by atoms with Crippen molar-refractivity contribution in [2.24, 2.45) is 0 Å². The van der Waals surface area contributed by atoms with Gasteiger partial charge in [-0.3, -0.25) is 0 Å². The summed E-state index contributed by atoms with van der Waals surface area (Å²) in [6.07, 6.45) is 2.49. The first-order valence-corrected chi connectivity index (χ1v) is 4.99. The van der Waals surface area contributed by atoms with Crippen LogP contribution < -0.4 is 10.2 Å². The fraction of sp³-hybridized carbons (Fsp3) is 0.455. The van der Waals surface area contributed by atoms with Crippen molar-refractivity contribution in [3.8, 4) is 0 Å². The van der Waals surface area contributed by atoms with Gasteiger partial charge >= 0.3 is 0 Å². The Morgan fingerprint density at radius 1 is 1.43 bits per heavy atom. The molecule has 1 aromatic rings. The van der Waals surface area contributed by atoms with Crippen molar-refractivity contribution in [1.82, 2.24) is 0 Å². The zero-order valence-electron chi connectivity index (χ0n) is 8.18. The molecule has 0 amide bonds. The van der Waals surface area contributed by atoms with Crippen molar-refractivity contribution in [2.75, 3.05) is 23.8 Å². The average Bonchev–Trinajstić information content (AvgIpc) is 2.93. The minimum atomic E-state index is -0.170. The van der Waals surface area contributed by atoms with Crippen molar-refractivity contribution in [2.45, 2.75) is 18.4 Å². The van der Waals surface area contributed by atoms with Gasteiger partial charge in [-0.25, -0.2) is 4.39 Å². The van der Waals surface area contributed by atoms with Crippen LogP contribution in [0.4, 0.5) is 15.8 Å². The van der Waals surface area contributed by atoms with E-state index in [9.17, 15) is 4.39 Å². The van der Waals surface area contributed by atoms with Crippen molar-refractivity contribution in [3.05, 3.63) is 24.0 Å². The van der Waals surface area contributed by atoms with Crippen LogP contribution in [0.2, 0.25) is 0 Å². The van der Waals surface area contributed by atoms with Crippen molar-refractivity contribution < 1.29 is 4.39 Å². The summed E-state index contributed by atoms with van der Waals surface area (Å²) in [6.45, 7) is 0.944. The molecule has 1 spiro atoms. The van der Waals surface area contributed by atoms with Gasteiger partial charge in [0.05, 0.1) is 16.9 Å². The lowest BCUT2D eigenvalue weighted by molar-refractivity contribution is 0.616. The third-order valence-corrected chi connectivity index (χ3v) is 3.47. The Hall–Kier alpha value is -1.25. The first-order chi connectivity index (χ1) is 6.71. The highest BCUT2D eigenvalue weighted by atomic mass is 19.1. The van der Waals surface area contributed by atoms with Crippen LogP contribution in [0, 0.1) is 5.82 Å². The van der Waals surface area contributed by atoms with Gasteiger partial charge in [-0.05, 0) is 31.0 Å². The SMILES string of the molecule is CN1c2ccc(F)cc2NCC12CC2. The summed E-state index contributed by atoms with van der Waals surface area (Å²) in [6, 6.07) is 4.95. The summed E-state index contributed by atoms with van der Waals surface area (Å²) in [4.78, 5) is 2.29. The molecule has 0 bridgehead atoms. The highest BCUT2D eigenvalue weighted by Crippen LogP contribution is 2.48. The van der Waals surface area contributed by atoms with Gasteiger partial charge in [0.15, 0.2) is 0 Å². The first kappa shape index (κ1) is 8.09. The number of halogens is 1. The van der Waals surface area contributed by atoms with Gasteiger partial charge in [-0.1, -0.05) is 0 Å². The van der Waals surface area contributed by atoms with Crippen LogP contribution in [0.25, 0.3) is 0 Å². The second-order valence-electron chi connectivity index (χ2n) is 4.30. The van der Waals surface area contributed by atoms with Crippen molar-refractivity contribution >= 4 is 11.4 Å². The van der Waals surface area contributed by atoms with E-state index in [1.165, 1.54) is 18.9 Å². The van der Waals surface area contributed by atoms with E-state index < -0.39 is 0 Å². The van der Waals surface area contributed by atoms with E-state index >= 15 is 0 Å². The number of hydrogen-bond donors (Lipinski definition) is 1. The number of likely N-dealkylation sites (N-methyl/N-ethyl adjacent to an activating group) is 1. The molecular weight excluding hydrogens is 179 g/mol. The smallest absolute Gasteiger partial charge is 0.125 e. The van der Waals surface area contributed by atoms with Crippen LogP contribution >= 0.6 is 0 Å². The second kappa shape index (κ2) is 2.41. The fourth-order valence-corrected chi connectivity index (χ4v) is 2.23. The van der Waals surface area contributed by atoms with E-state index in [1.54, 1.807) is 6.07 Å². The average molecular weight is 192 g/mol. The Balaban J connectivity index is 2.07. The van der Waals surface area contributed by atoms with Gasteiger partial charge in [0.1, 0.15) is 5.82 Å². The molecule has 2 aliphatic rings. The predicted octanol–water partition coefficient (Wildman–Crippen LogP) is 2.22. The van der Waals surface area contributed by atoms with E-state index in [1.807, 2.05) is 6.07 Å². The zero-order chi connectivity index (χ0) is 9.76. The van der Waals surface area contributed by atoms with Crippen LogP contribution in [0.1, 0.15) is 12.8 Å². The van der Waals surface area contributed by atoms with Gasteiger partial charge < -0.3 is 10.2 Å². The lowest BCUT2D eigenvalue weighted by atomic mass is 10.1. The summed E-state index contributed by atoms with van der Waals surface area (Å²) >= 11 is 0. The summed E-state index contributed by atoms with van der Waals surface area (Å²) in [5.74, 6) is -0.170. The van der Waals surface area contributed by atoms with Crippen LogP contribution in [0.15, 0.2) is 18.2 Å². The monoisotopic (exact) mass is 192 g/mol. The Morgan fingerprint density at radius 2 is 2.21 bits per heavy atom. The molecule has 0 aromatic heterocycles. The highest BCUT2D eigenvalue weighted by Gasteiger charge is 2.48. The summed E-state index contributed by atoms with van der Waals surface area (Å²) < 4.78 is 13.0. The molecule has 0 unspecified atom stereocenters. The molecule has 0 saturated heterocycles. The molecular formula is C11H13FN2. The van der Waals surface area contributed by atoms with E-state index in [-0.39, 0.29) is 5.82 Å². The van der Waals surface area contributed by atoms with Crippen LogP contribution in [-0.4, -0.2) is 19.1 Å². The number of anilines is 2. The molecule has 1 aliphatic carbocycles. The van der Waals surface area contributed by atoms with Crippen LogP contribution in [-0.2, 0) is 0 Å². The lowest BCUT2D eigenvalue weighted by Gasteiger charge is -2.37. The minimum Gasteiger partial charge on any atom is -0.381 e. The molecule has 0 radical (unpaired) electrons. The van der Waals surface area contributed by atoms with E-state index in [4.69, 9.17) is 0 Å². The maximum atomic E-state index is 13.0. The molecule has 2 nitrogen and oxygen atoms in total. The Bertz CT molecular complexity index is 385. The van der Waals surface area contributed by atoms with Gasteiger partial charge in [-0.2, -0.15) is 0 Å². The number of fused-ring (bicyclic) bond motifs is 1. The normalized spacial score (nSPS) is 21.7. The summed E-state index contributed by atoms with van der Waals surface area (Å²) in [7, 11) is 2.10. The molecule has 1 aromatic carbocycles. The molecule has 3 rings (SSSR count). The number of rotatable bonds is 0. The molecule has 1 fully saturated rings. The van der Waals surface area contributed by atoms with E-state index in [0.717, 1.165) is 17.9 Å². The molecule has 1 heterocycles. The van der Waals surface area contributed by atoms with Gasteiger partial charge in [0.25, 0.3) is 0 Å². The van der Waals surface area contributed by atoms with Crippen molar-refractivity contribution in [3.63, 3.8) is 0 Å². The third-order valence-electron chi connectivity index (χ3n) is 3.47. The third kappa shape index (κ3) is 0.953. The van der Waals surface area contributed by atoms with Crippen molar-refractivity contribution in [1.29, 1.82) is 0 Å². The first-order valence-electron chi connectivity index (χ1n) is 4.99. The second-order valence-corrected chi connectivity index (χ2v) is 4.30. The maximum absolute atomic E-state index is 13.0. The van der Waals surface area contributed by atoms with Crippen LogP contribution in [0.5, 0.6) is 0 Å². The van der Waals surface area contributed by atoms with E-state index in [0.29, 0.717) is 5.54 Å². The van der Waals surface area contributed by atoms with E-state index in [2.05, 4.69) is 17.3 Å². The molecule has 1 saturated carbocycles. The highest BCUT2D eigenvalue weighted by molar-refractivity contribution is 5.74. The van der Waals surface area contributed by atoms with Crippen LogP contribution in [0.3, 0.4) is 0 Å². The molecule has 3 heteroatoms. The number of benzene rings is 1. The van der Waals surface area contributed by atoms with Gasteiger partial charge in [0, 0.05) is 13.6 Å². The maximum Gasteiger partial charge on any atom is 0.125 e. The van der Waals surface area contributed by atoms with Gasteiger partial charge in [0.2, 0.25) is 0 Å². The van der Waals surface area contributed by atoms with Gasteiger partial charge in [-0.15, -0.1) is 0 Å². The quantitative estimate of drug-likeness (QED) is 0.678. The zero-order valence-corrected chi connectivity index (χ0v) is 8.18.